The summed E-state index contributed by atoms with van der Waals surface area (Å²) in [6.45, 7) is 0. The number of halogens is 5. The maximum absolute atomic E-state index is 13.5. The molecular weight excluding hydrogens is 271 g/mol. The lowest BCUT2D eigenvalue weighted by Gasteiger charge is -2.09. The third-order valence-electron chi connectivity index (χ3n) is 2.48. The molecule has 2 rings (SSSR count). The summed E-state index contributed by atoms with van der Waals surface area (Å²) in [5.41, 5.74) is -1.63. The van der Waals surface area contributed by atoms with E-state index in [1.54, 1.807) is 0 Å². The molecule has 2 nitrogen and oxygen atoms in total. The predicted molar refractivity (Wildman–Crippen MR) is 55.0 cm³/mol. The molecule has 0 heterocycles. The monoisotopic (exact) mass is 276 g/mol. The molecule has 0 atom stereocenters. The predicted octanol–water partition coefficient (Wildman–Crippen LogP) is 3.46. The minimum atomic E-state index is -2.01. The summed E-state index contributed by atoms with van der Waals surface area (Å²) in [6.07, 6.45) is 0. The second kappa shape index (κ2) is 4.42. The summed E-state index contributed by atoms with van der Waals surface area (Å²) in [5.74, 6) is -11.2. The van der Waals surface area contributed by atoms with Crippen LogP contribution in [-0.4, -0.2) is 10.2 Å². The Kier molecular flexibility index (Phi) is 3.05. The third kappa shape index (κ3) is 1.96. The van der Waals surface area contributed by atoms with Crippen molar-refractivity contribution >= 4 is 0 Å². The number of phenols is 2. The number of rotatable bonds is 1. The molecule has 0 unspecified atom stereocenters. The Morgan fingerprint density at radius 2 is 1.11 bits per heavy atom. The van der Waals surface area contributed by atoms with Crippen LogP contribution in [0.25, 0.3) is 11.1 Å². The Morgan fingerprint density at radius 3 is 1.74 bits per heavy atom. The highest BCUT2D eigenvalue weighted by Crippen LogP contribution is 2.35. The molecule has 19 heavy (non-hydrogen) atoms. The fraction of sp³-hybridized carbons (Fsp3) is 0. The molecule has 0 saturated heterocycles. The minimum absolute atomic E-state index is 0.419. The molecule has 0 aliphatic carbocycles. The summed E-state index contributed by atoms with van der Waals surface area (Å²) < 4.78 is 66.0. The lowest BCUT2D eigenvalue weighted by molar-refractivity contribution is 0.387. The first-order chi connectivity index (χ1) is 8.84. The molecule has 0 fully saturated rings. The van der Waals surface area contributed by atoms with Crippen molar-refractivity contribution in [2.75, 3.05) is 0 Å². The molecule has 2 aromatic rings. The molecule has 0 aliphatic rings. The van der Waals surface area contributed by atoms with Crippen LogP contribution in [0, 0.1) is 29.1 Å². The topological polar surface area (TPSA) is 40.5 Å². The zero-order valence-electron chi connectivity index (χ0n) is 9.02. The van der Waals surface area contributed by atoms with Gasteiger partial charge in [-0.05, 0) is 18.2 Å². The van der Waals surface area contributed by atoms with E-state index < -0.39 is 51.7 Å². The van der Waals surface area contributed by atoms with E-state index in [0.717, 1.165) is 6.07 Å². The SMILES string of the molecule is Oc1ccc(-c2cc(O)c(F)c(F)c2F)c(F)c1F. The fourth-order valence-corrected chi connectivity index (χ4v) is 1.53. The van der Waals surface area contributed by atoms with Gasteiger partial charge in [-0.25, -0.2) is 13.2 Å². The second-order valence-corrected chi connectivity index (χ2v) is 3.65. The largest absolute Gasteiger partial charge is 0.505 e. The van der Waals surface area contributed by atoms with E-state index in [0.29, 0.717) is 12.1 Å². The van der Waals surface area contributed by atoms with Gasteiger partial charge in [0.2, 0.25) is 11.6 Å². The molecule has 0 bridgehead atoms. The van der Waals surface area contributed by atoms with Crippen molar-refractivity contribution in [1.29, 1.82) is 0 Å². The highest BCUT2D eigenvalue weighted by Gasteiger charge is 2.23. The maximum atomic E-state index is 13.5. The highest BCUT2D eigenvalue weighted by molar-refractivity contribution is 5.67. The van der Waals surface area contributed by atoms with Crippen molar-refractivity contribution in [3.05, 3.63) is 47.3 Å². The van der Waals surface area contributed by atoms with Crippen LogP contribution in [0.5, 0.6) is 11.5 Å². The molecule has 2 aromatic carbocycles. The molecule has 0 aliphatic heterocycles. The first-order valence-electron chi connectivity index (χ1n) is 4.88. The molecule has 0 saturated carbocycles. The summed E-state index contributed by atoms with van der Waals surface area (Å²) in [5, 5.41) is 17.9. The van der Waals surface area contributed by atoms with E-state index in [1.807, 2.05) is 0 Å². The number of aromatic hydroxyl groups is 2. The molecule has 0 radical (unpaired) electrons. The van der Waals surface area contributed by atoms with Gasteiger partial charge >= 0.3 is 0 Å². The quantitative estimate of drug-likeness (QED) is 0.618. The molecule has 0 aromatic heterocycles. The smallest absolute Gasteiger partial charge is 0.203 e. The average molecular weight is 276 g/mol. The zero-order chi connectivity index (χ0) is 14.3. The van der Waals surface area contributed by atoms with Crippen molar-refractivity contribution in [3.63, 3.8) is 0 Å². The number of hydrogen-bond donors (Lipinski definition) is 2. The van der Waals surface area contributed by atoms with Crippen LogP contribution in [0.1, 0.15) is 0 Å². The third-order valence-corrected chi connectivity index (χ3v) is 2.48. The number of hydrogen-bond acceptors (Lipinski definition) is 2. The first kappa shape index (κ1) is 13.1. The number of benzene rings is 2. The maximum Gasteiger partial charge on any atom is 0.203 e. The van der Waals surface area contributed by atoms with Crippen molar-refractivity contribution in [3.8, 4) is 22.6 Å². The summed E-state index contributed by atoms with van der Waals surface area (Å²) in [7, 11) is 0. The summed E-state index contributed by atoms with van der Waals surface area (Å²) in [6, 6.07) is 1.90. The van der Waals surface area contributed by atoms with Gasteiger partial charge in [-0.2, -0.15) is 8.78 Å². The lowest BCUT2D eigenvalue weighted by atomic mass is 10.0. The van der Waals surface area contributed by atoms with Crippen LogP contribution in [0.3, 0.4) is 0 Å². The molecule has 2 N–H and O–H groups in total. The van der Waals surface area contributed by atoms with Crippen molar-refractivity contribution in [2.45, 2.75) is 0 Å². The second-order valence-electron chi connectivity index (χ2n) is 3.65. The summed E-state index contributed by atoms with van der Waals surface area (Å²) >= 11 is 0. The van der Waals surface area contributed by atoms with Gasteiger partial charge in [0.25, 0.3) is 0 Å². The van der Waals surface area contributed by atoms with Crippen LogP contribution in [0.4, 0.5) is 22.0 Å². The zero-order valence-corrected chi connectivity index (χ0v) is 9.02. The van der Waals surface area contributed by atoms with Gasteiger partial charge < -0.3 is 10.2 Å². The Labute approximate surface area is 103 Å². The van der Waals surface area contributed by atoms with Gasteiger partial charge in [-0.1, -0.05) is 0 Å². The Morgan fingerprint density at radius 1 is 0.579 bits per heavy atom. The normalized spacial score (nSPS) is 10.8. The van der Waals surface area contributed by atoms with Gasteiger partial charge in [0, 0.05) is 11.1 Å². The van der Waals surface area contributed by atoms with Gasteiger partial charge in [0.15, 0.2) is 29.0 Å². The van der Waals surface area contributed by atoms with E-state index in [2.05, 4.69) is 0 Å². The van der Waals surface area contributed by atoms with Crippen molar-refractivity contribution < 1.29 is 32.2 Å². The lowest BCUT2D eigenvalue weighted by Crippen LogP contribution is -1.98. The van der Waals surface area contributed by atoms with Crippen LogP contribution in [0.15, 0.2) is 18.2 Å². The molecule has 7 heteroatoms. The highest BCUT2D eigenvalue weighted by atomic mass is 19.2. The standard InChI is InChI=1S/C12H5F5O2/c13-8-4(1-2-6(18)10(8)15)5-3-7(19)11(16)12(17)9(5)14/h1-3,18-19H. The van der Waals surface area contributed by atoms with Gasteiger partial charge in [-0.15, -0.1) is 0 Å². The first-order valence-corrected chi connectivity index (χ1v) is 4.88. The Balaban J connectivity index is 2.77. The van der Waals surface area contributed by atoms with Gasteiger partial charge in [0.1, 0.15) is 0 Å². The van der Waals surface area contributed by atoms with Gasteiger partial charge in [0.05, 0.1) is 0 Å². The van der Waals surface area contributed by atoms with Crippen LogP contribution in [0.2, 0.25) is 0 Å². The van der Waals surface area contributed by atoms with Crippen LogP contribution < -0.4 is 0 Å². The Bertz CT molecular complexity index is 670. The van der Waals surface area contributed by atoms with Crippen LogP contribution in [-0.2, 0) is 0 Å². The van der Waals surface area contributed by atoms with Crippen molar-refractivity contribution in [2.24, 2.45) is 0 Å². The Hall–Kier alpha value is -2.31. The van der Waals surface area contributed by atoms with E-state index in [1.165, 1.54) is 0 Å². The molecule has 0 spiro atoms. The van der Waals surface area contributed by atoms with Gasteiger partial charge in [-0.3, -0.25) is 0 Å². The van der Waals surface area contributed by atoms with E-state index in [9.17, 15) is 22.0 Å². The fourth-order valence-electron chi connectivity index (χ4n) is 1.53. The van der Waals surface area contributed by atoms with Crippen molar-refractivity contribution in [1.82, 2.24) is 0 Å². The average Bonchev–Trinajstić information content (AvgIpc) is 2.39. The number of phenolic OH excluding ortho intramolecular Hbond substituents is 2. The van der Waals surface area contributed by atoms with E-state index in [4.69, 9.17) is 10.2 Å². The van der Waals surface area contributed by atoms with E-state index in [-0.39, 0.29) is 0 Å². The molecule has 100 valence electrons. The molecular formula is C12H5F5O2. The minimum Gasteiger partial charge on any atom is -0.505 e. The van der Waals surface area contributed by atoms with Crippen LogP contribution >= 0.6 is 0 Å². The van der Waals surface area contributed by atoms with E-state index >= 15 is 0 Å². The molecule has 0 amide bonds. The summed E-state index contributed by atoms with van der Waals surface area (Å²) in [4.78, 5) is 0.